The molecule has 7 nitrogen and oxygen atoms in total. The second kappa shape index (κ2) is 4.34. The fourth-order valence-electron chi connectivity index (χ4n) is 1.83. The lowest BCUT2D eigenvalue weighted by molar-refractivity contribution is -0.143. The molecule has 100 valence electrons. The molecule has 2 heterocycles. The van der Waals surface area contributed by atoms with Crippen molar-refractivity contribution in [2.24, 2.45) is 0 Å². The van der Waals surface area contributed by atoms with Gasteiger partial charge in [-0.3, -0.25) is 24.5 Å². The molecule has 1 fully saturated rings. The Kier molecular flexibility index (Phi) is 2.97. The second-order valence-electron chi connectivity index (χ2n) is 4.76. The van der Waals surface area contributed by atoms with E-state index in [1.807, 2.05) is 0 Å². The van der Waals surface area contributed by atoms with E-state index in [2.05, 4.69) is 10.3 Å². The molecule has 0 aromatic carbocycles. The van der Waals surface area contributed by atoms with E-state index in [0.29, 0.717) is 0 Å². The van der Waals surface area contributed by atoms with E-state index < -0.39 is 28.8 Å². The smallest absolute Gasteiger partial charge is 0.271 e. The van der Waals surface area contributed by atoms with Gasteiger partial charge in [-0.15, -0.1) is 0 Å². The fourth-order valence-corrected chi connectivity index (χ4v) is 1.83. The summed E-state index contributed by atoms with van der Waals surface area (Å²) >= 11 is 0. The third kappa shape index (κ3) is 2.26. The minimum atomic E-state index is -1.16. The topological polar surface area (TPSA) is 99.3 Å². The molecule has 0 spiro atoms. The normalized spacial score (nSPS) is 18.1. The molecule has 0 bridgehead atoms. The summed E-state index contributed by atoms with van der Waals surface area (Å²) in [4.78, 5) is 50.1. The number of aromatic amines is 1. The van der Waals surface area contributed by atoms with Gasteiger partial charge in [0.2, 0.25) is 11.5 Å². The fraction of sp³-hybridized carbons (Fsp3) is 0.333. The van der Waals surface area contributed by atoms with Gasteiger partial charge in [0.05, 0.1) is 0 Å². The number of rotatable bonds is 1. The van der Waals surface area contributed by atoms with Crippen molar-refractivity contribution in [1.82, 2.24) is 15.2 Å². The molecule has 0 aliphatic carbocycles. The monoisotopic (exact) mass is 263 g/mol. The number of hydrogen-bond donors (Lipinski definition) is 2. The summed E-state index contributed by atoms with van der Waals surface area (Å²) in [5.74, 6) is -1.66. The molecule has 0 atom stereocenters. The molecule has 1 aromatic heterocycles. The SMILES string of the molecule is CC1(C)C(=O)NC(=O)CN1C(=O)c1cccc(=O)[nH]1. The van der Waals surface area contributed by atoms with Crippen LogP contribution < -0.4 is 10.9 Å². The zero-order chi connectivity index (χ0) is 14.2. The van der Waals surface area contributed by atoms with Crippen LogP contribution in [0.5, 0.6) is 0 Å². The molecule has 19 heavy (non-hydrogen) atoms. The lowest BCUT2D eigenvalue weighted by atomic mass is 9.98. The lowest BCUT2D eigenvalue weighted by Crippen LogP contribution is -2.65. The summed E-state index contributed by atoms with van der Waals surface area (Å²) < 4.78 is 0. The van der Waals surface area contributed by atoms with Crippen molar-refractivity contribution in [3.05, 3.63) is 34.2 Å². The van der Waals surface area contributed by atoms with Crippen LogP contribution in [0.4, 0.5) is 0 Å². The molecule has 0 radical (unpaired) electrons. The molecule has 2 N–H and O–H groups in total. The van der Waals surface area contributed by atoms with Gasteiger partial charge in [-0.2, -0.15) is 0 Å². The summed E-state index contributed by atoms with van der Waals surface area (Å²) in [6, 6.07) is 4.14. The van der Waals surface area contributed by atoms with E-state index in [-0.39, 0.29) is 12.2 Å². The van der Waals surface area contributed by atoms with Crippen molar-refractivity contribution in [3.8, 4) is 0 Å². The zero-order valence-corrected chi connectivity index (χ0v) is 10.5. The molecule has 2 rings (SSSR count). The van der Waals surface area contributed by atoms with Gasteiger partial charge in [0.25, 0.3) is 11.8 Å². The van der Waals surface area contributed by atoms with E-state index in [1.54, 1.807) is 0 Å². The number of piperazine rings is 1. The third-order valence-corrected chi connectivity index (χ3v) is 3.03. The number of imide groups is 1. The van der Waals surface area contributed by atoms with E-state index >= 15 is 0 Å². The van der Waals surface area contributed by atoms with Gasteiger partial charge in [0.15, 0.2) is 0 Å². The maximum Gasteiger partial charge on any atom is 0.271 e. The first-order chi connectivity index (χ1) is 8.82. The highest BCUT2D eigenvalue weighted by molar-refractivity contribution is 6.08. The van der Waals surface area contributed by atoms with Crippen molar-refractivity contribution in [2.75, 3.05) is 6.54 Å². The standard InChI is InChI=1S/C12H13N3O4/c1-12(2)11(19)14-9(17)6-15(12)10(18)7-4-3-5-8(16)13-7/h3-5H,6H2,1-2H3,(H,13,16)(H,14,17,19). The molecule has 1 aliphatic rings. The average molecular weight is 263 g/mol. The zero-order valence-electron chi connectivity index (χ0n) is 10.5. The molecule has 1 aliphatic heterocycles. The minimum absolute atomic E-state index is 0.0445. The minimum Gasteiger partial charge on any atom is -0.318 e. The number of aromatic nitrogens is 1. The van der Waals surface area contributed by atoms with Crippen molar-refractivity contribution in [1.29, 1.82) is 0 Å². The van der Waals surface area contributed by atoms with Gasteiger partial charge in [0.1, 0.15) is 17.8 Å². The Labute approximate surface area is 108 Å². The highest BCUT2D eigenvalue weighted by Crippen LogP contribution is 2.20. The van der Waals surface area contributed by atoms with E-state index in [4.69, 9.17) is 0 Å². The second-order valence-corrected chi connectivity index (χ2v) is 4.76. The predicted molar refractivity (Wildman–Crippen MR) is 65.3 cm³/mol. The summed E-state index contributed by atoms with van der Waals surface area (Å²) in [6.45, 7) is 2.84. The van der Waals surface area contributed by atoms with Crippen molar-refractivity contribution in [3.63, 3.8) is 0 Å². The maximum absolute atomic E-state index is 12.3. The Balaban J connectivity index is 2.39. The highest BCUT2D eigenvalue weighted by Gasteiger charge is 2.43. The number of hydrogen-bond acceptors (Lipinski definition) is 4. The molecule has 1 aromatic rings. The van der Waals surface area contributed by atoms with Crippen molar-refractivity contribution >= 4 is 17.7 Å². The van der Waals surface area contributed by atoms with Crippen molar-refractivity contribution in [2.45, 2.75) is 19.4 Å². The Morgan fingerprint density at radius 2 is 1.95 bits per heavy atom. The number of H-pyrrole nitrogens is 1. The van der Waals surface area contributed by atoms with Gasteiger partial charge in [-0.1, -0.05) is 6.07 Å². The summed E-state index contributed by atoms with van der Waals surface area (Å²) in [6.07, 6.45) is 0. The van der Waals surface area contributed by atoms with Crippen LogP contribution in [0.1, 0.15) is 24.3 Å². The van der Waals surface area contributed by atoms with Crippen LogP contribution in [-0.4, -0.2) is 39.7 Å². The lowest BCUT2D eigenvalue weighted by Gasteiger charge is -2.39. The van der Waals surface area contributed by atoms with Crippen LogP contribution in [0, 0.1) is 0 Å². The van der Waals surface area contributed by atoms with E-state index in [1.165, 1.54) is 32.0 Å². The van der Waals surface area contributed by atoms with E-state index in [0.717, 1.165) is 4.90 Å². The van der Waals surface area contributed by atoms with Crippen LogP contribution in [0.3, 0.4) is 0 Å². The Morgan fingerprint density at radius 3 is 2.58 bits per heavy atom. The number of carbonyl (C=O) groups excluding carboxylic acids is 3. The molecule has 7 heteroatoms. The summed E-state index contributed by atoms with van der Waals surface area (Å²) in [7, 11) is 0. The quantitative estimate of drug-likeness (QED) is 0.651. The van der Waals surface area contributed by atoms with Crippen LogP contribution >= 0.6 is 0 Å². The van der Waals surface area contributed by atoms with Crippen LogP contribution in [0.2, 0.25) is 0 Å². The Hall–Kier alpha value is -2.44. The molecular formula is C12H13N3O4. The van der Waals surface area contributed by atoms with Gasteiger partial charge >= 0.3 is 0 Å². The van der Waals surface area contributed by atoms with Crippen LogP contribution in [-0.2, 0) is 9.59 Å². The summed E-state index contributed by atoms with van der Waals surface area (Å²) in [5, 5.41) is 2.17. The molecule has 0 unspecified atom stereocenters. The van der Waals surface area contributed by atoms with Crippen LogP contribution in [0.25, 0.3) is 0 Å². The van der Waals surface area contributed by atoms with Crippen molar-refractivity contribution < 1.29 is 14.4 Å². The molecule has 0 saturated carbocycles. The number of carbonyl (C=O) groups is 3. The highest BCUT2D eigenvalue weighted by atomic mass is 16.2. The average Bonchev–Trinajstić information content (AvgIpc) is 2.33. The Morgan fingerprint density at radius 1 is 1.26 bits per heavy atom. The predicted octanol–water partition coefficient (Wildman–Crippen LogP) is -0.748. The Bertz CT molecular complexity index is 617. The number of amides is 3. The van der Waals surface area contributed by atoms with E-state index in [9.17, 15) is 19.2 Å². The van der Waals surface area contributed by atoms with Gasteiger partial charge in [0, 0.05) is 6.07 Å². The first-order valence-corrected chi connectivity index (χ1v) is 5.68. The molecular weight excluding hydrogens is 250 g/mol. The first kappa shape index (κ1) is 13.0. The third-order valence-electron chi connectivity index (χ3n) is 3.03. The summed E-state index contributed by atoms with van der Waals surface area (Å²) in [5.41, 5.74) is -1.53. The number of pyridine rings is 1. The van der Waals surface area contributed by atoms with Gasteiger partial charge < -0.3 is 9.88 Å². The number of nitrogens with zero attached hydrogens (tertiary/aromatic N) is 1. The van der Waals surface area contributed by atoms with Gasteiger partial charge in [-0.05, 0) is 19.9 Å². The number of nitrogens with one attached hydrogen (secondary N) is 2. The molecule has 1 saturated heterocycles. The van der Waals surface area contributed by atoms with Gasteiger partial charge in [-0.25, -0.2) is 0 Å². The molecule has 3 amide bonds. The largest absolute Gasteiger partial charge is 0.318 e. The first-order valence-electron chi connectivity index (χ1n) is 5.68. The maximum atomic E-state index is 12.3. The van der Waals surface area contributed by atoms with Crippen LogP contribution in [0.15, 0.2) is 23.0 Å².